The van der Waals surface area contributed by atoms with Crippen molar-refractivity contribution in [1.29, 1.82) is 0 Å². The zero-order valence-corrected chi connectivity index (χ0v) is 12.1. The minimum Gasteiger partial charge on any atom is -0.476 e. The van der Waals surface area contributed by atoms with Gasteiger partial charge in [0.1, 0.15) is 0 Å². The highest BCUT2D eigenvalue weighted by Crippen LogP contribution is 2.17. The number of carboxylic acid groups (broad SMARTS) is 1. The smallest absolute Gasteiger partial charge is 0.358 e. The number of aromatic nitrogens is 3. The fourth-order valence-corrected chi connectivity index (χ4v) is 2.50. The molecule has 2 N–H and O–H groups in total. The van der Waals surface area contributed by atoms with Crippen LogP contribution in [-0.2, 0) is 6.54 Å². The van der Waals surface area contributed by atoms with Gasteiger partial charge in [-0.2, -0.15) is 0 Å². The second-order valence-corrected chi connectivity index (χ2v) is 5.62. The summed E-state index contributed by atoms with van der Waals surface area (Å²) in [4.78, 5) is 13.2. The molecule has 0 amide bonds. The van der Waals surface area contributed by atoms with Gasteiger partial charge in [-0.15, -0.1) is 5.10 Å². The monoisotopic (exact) mass is 281 g/mol. The second kappa shape index (κ2) is 6.81. The molecular weight excluding hydrogens is 258 g/mol. The number of carbonyl (C=O) groups is 1. The van der Waals surface area contributed by atoms with E-state index in [0.717, 1.165) is 19.6 Å². The third-order valence-electron chi connectivity index (χ3n) is 3.76. The third-order valence-corrected chi connectivity index (χ3v) is 3.76. The number of nitrogens with zero attached hydrogens (tertiary/aromatic N) is 4. The van der Waals surface area contributed by atoms with Crippen LogP contribution in [0, 0.1) is 5.92 Å². The van der Waals surface area contributed by atoms with E-state index < -0.39 is 5.97 Å². The van der Waals surface area contributed by atoms with Crippen LogP contribution in [0.25, 0.3) is 0 Å². The Labute approximate surface area is 119 Å². The Morgan fingerprint density at radius 2 is 2.40 bits per heavy atom. The van der Waals surface area contributed by atoms with Crippen LogP contribution < -0.4 is 5.32 Å². The first-order chi connectivity index (χ1) is 9.56. The molecule has 20 heavy (non-hydrogen) atoms. The van der Waals surface area contributed by atoms with E-state index in [0.29, 0.717) is 18.5 Å². The fourth-order valence-electron chi connectivity index (χ4n) is 2.50. The van der Waals surface area contributed by atoms with E-state index in [9.17, 15) is 4.79 Å². The highest BCUT2D eigenvalue weighted by atomic mass is 16.4. The van der Waals surface area contributed by atoms with Gasteiger partial charge in [-0.1, -0.05) is 5.21 Å². The highest BCUT2D eigenvalue weighted by Gasteiger charge is 2.23. The Kier molecular flexibility index (Phi) is 5.08. The van der Waals surface area contributed by atoms with Crippen LogP contribution in [0.2, 0.25) is 0 Å². The summed E-state index contributed by atoms with van der Waals surface area (Å²) in [6.45, 7) is 9.25. The minimum absolute atomic E-state index is 0.00614. The van der Waals surface area contributed by atoms with E-state index in [4.69, 9.17) is 5.11 Å². The lowest BCUT2D eigenvalue weighted by atomic mass is 10.1. The van der Waals surface area contributed by atoms with Crippen LogP contribution in [0.4, 0.5) is 0 Å². The first-order valence-corrected chi connectivity index (χ1v) is 7.14. The van der Waals surface area contributed by atoms with Crippen LogP contribution in [0.1, 0.15) is 30.8 Å². The second-order valence-electron chi connectivity index (χ2n) is 5.62. The molecule has 7 nitrogen and oxygen atoms in total. The van der Waals surface area contributed by atoms with Crippen LogP contribution in [-0.4, -0.2) is 63.2 Å². The zero-order valence-electron chi connectivity index (χ0n) is 12.1. The average molecular weight is 281 g/mol. The summed E-state index contributed by atoms with van der Waals surface area (Å²) in [5.74, 6) is -0.327. The topological polar surface area (TPSA) is 83.3 Å². The maximum atomic E-state index is 10.7. The molecule has 0 radical (unpaired) electrons. The van der Waals surface area contributed by atoms with E-state index >= 15 is 0 Å². The van der Waals surface area contributed by atoms with Gasteiger partial charge in [0.2, 0.25) is 0 Å². The van der Waals surface area contributed by atoms with Crippen molar-refractivity contribution in [3.8, 4) is 0 Å². The van der Waals surface area contributed by atoms with E-state index in [1.165, 1.54) is 19.2 Å². The number of likely N-dealkylation sites (tertiary alicyclic amines) is 1. The SMILES string of the molecule is CC(C)N1CCC(CNCCn2cc(C(=O)O)nn2)C1. The normalized spacial score (nSPS) is 19.9. The van der Waals surface area contributed by atoms with E-state index in [2.05, 4.69) is 34.4 Å². The summed E-state index contributed by atoms with van der Waals surface area (Å²) in [5.41, 5.74) is -0.00614. The molecule has 1 aromatic rings. The maximum Gasteiger partial charge on any atom is 0.358 e. The summed E-state index contributed by atoms with van der Waals surface area (Å²) < 4.78 is 1.56. The Morgan fingerprint density at radius 3 is 3.00 bits per heavy atom. The number of hydrogen-bond acceptors (Lipinski definition) is 5. The highest BCUT2D eigenvalue weighted by molar-refractivity contribution is 5.84. The molecule has 1 unspecified atom stereocenters. The number of aromatic carboxylic acids is 1. The summed E-state index contributed by atoms with van der Waals surface area (Å²) in [5, 5.41) is 19.5. The van der Waals surface area contributed by atoms with Crippen LogP contribution in [0.15, 0.2) is 6.20 Å². The van der Waals surface area contributed by atoms with E-state index in [1.807, 2.05) is 0 Å². The predicted octanol–water partition coefficient (Wildman–Crippen LogP) is 0.296. The molecule has 0 saturated carbocycles. The Hall–Kier alpha value is -1.47. The molecule has 2 heterocycles. The molecule has 1 aliphatic heterocycles. The van der Waals surface area contributed by atoms with E-state index in [1.54, 1.807) is 4.68 Å². The molecule has 1 aliphatic rings. The van der Waals surface area contributed by atoms with Crippen molar-refractivity contribution in [2.45, 2.75) is 32.9 Å². The molecule has 1 saturated heterocycles. The maximum absolute atomic E-state index is 10.7. The molecule has 2 rings (SSSR count). The van der Waals surface area contributed by atoms with Gasteiger partial charge >= 0.3 is 5.97 Å². The molecule has 0 bridgehead atoms. The van der Waals surface area contributed by atoms with Crippen molar-refractivity contribution >= 4 is 5.97 Å². The Balaban J connectivity index is 1.63. The third kappa shape index (κ3) is 4.01. The molecule has 7 heteroatoms. The van der Waals surface area contributed by atoms with Crippen LogP contribution in [0.3, 0.4) is 0 Å². The Bertz CT molecular complexity index is 446. The average Bonchev–Trinajstić information content (AvgIpc) is 3.04. The zero-order chi connectivity index (χ0) is 14.5. The molecule has 112 valence electrons. The lowest BCUT2D eigenvalue weighted by molar-refractivity contribution is 0.0690. The van der Waals surface area contributed by atoms with Crippen molar-refractivity contribution in [1.82, 2.24) is 25.2 Å². The van der Waals surface area contributed by atoms with Gasteiger partial charge < -0.3 is 15.3 Å². The first-order valence-electron chi connectivity index (χ1n) is 7.14. The predicted molar refractivity (Wildman–Crippen MR) is 74.7 cm³/mol. The summed E-state index contributed by atoms with van der Waals surface area (Å²) in [7, 11) is 0. The largest absolute Gasteiger partial charge is 0.476 e. The minimum atomic E-state index is -1.04. The molecule has 0 aliphatic carbocycles. The van der Waals surface area contributed by atoms with Crippen molar-refractivity contribution in [3.63, 3.8) is 0 Å². The first kappa shape index (κ1) is 14.9. The van der Waals surface area contributed by atoms with Crippen molar-refractivity contribution in [2.24, 2.45) is 5.92 Å². The van der Waals surface area contributed by atoms with Crippen LogP contribution in [0.5, 0.6) is 0 Å². The van der Waals surface area contributed by atoms with Gasteiger partial charge in [0.15, 0.2) is 5.69 Å². The summed E-state index contributed by atoms with van der Waals surface area (Å²) in [6, 6.07) is 0.629. The Morgan fingerprint density at radius 1 is 1.60 bits per heavy atom. The van der Waals surface area contributed by atoms with Crippen molar-refractivity contribution in [2.75, 3.05) is 26.2 Å². The lowest BCUT2D eigenvalue weighted by Crippen LogP contribution is -2.31. The molecule has 1 fully saturated rings. The van der Waals surface area contributed by atoms with E-state index in [-0.39, 0.29) is 5.69 Å². The number of rotatable bonds is 7. The molecule has 1 atom stereocenters. The van der Waals surface area contributed by atoms with Gasteiger partial charge in [-0.3, -0.25) is 4.68 Å². The van der Waals surface area contributed by atoms with Crippen molar-refractivity contribution in [3.05, 3.63) is 11.9 Å². The van der Waals surface area contributed by atoms with Gasteiger partial charge in [0.05, 0.1) is 12.7 Å². The summed E-state index contributed by atoms with van der Waals surface area (Å²) in [6.07, 6.45) is 2.71. The summed E-state index contributed by atoms with van der Waals surface area (Å²) >= 11 is 0. The van der Waals surface area contributed by atoms with Crippen LogP contribution >= 0.6 is 0 Å². The molecule has 0 aromatic carbocycles. The molecule has 1 aromatic heterocycles. The lowest BCUT2D eigenvalue weighted by Gasteiger charge is -2.20. The fraction of sp³-hybridized carbons (Fsp3) is 0.769. The standard InChI is InChI=1S/C13H23N5O2/c1-10(2)17-5-3-11(8-17)7-14-4-6-18-9-12(13(19)20)15-16-18/h9-11,14H,3-8H2,1-2H3,(H,19,20). The number of nitrogens with one attached hydrogen (secondary N) is 1. The quantitative estimate of drug-likeness (QED) is 0.699. The van der Waals surface area contributed by atoms with Gasteiger partial charge in [0.25, 0.3) is 0 Å². The number of hydrogen-bond donors (Lipinski definition) is 2. The van der Waals surface area contributed by atoms with Gasteiger partial charge in [0, 0.05) is 19.1 Å². The van der Waals surface area contributed by atoms with Gasteiger partial charge in [-0.05, 0) is 39.3 Å². The van der Waals surface area contributed by atoms with Crippen molar-refractivity contribution < 1.29 is 9.90 Å². The molecular formula is C13H23N5O2. The molecule has 0 spiro atoms. The number of carboxylic acids is 1. The van der Waals surface area contributed by atoms with Gasteiger partial charge in [-0.25, -0.2) is 4.79 Å².